The van der Waals surface area contributed by atoms with Gasteiger partial charge < -0.3 is 10.2 Å². The summed E-state index contributed by atoms with van der Waals surface area (Å²) in [5.74, 6) is 0.126. The van der Waals surface area contributed by atoms with Gasteiger partial charge in [-0.2, -0.15) is 0 Å². The van der Waals surface area contributed by atoms with Crippen molar-refractivity contribution in [3.8, 4) is 0 Å². The van der Waals surface area contributed by atoms with E-state index < -0.39 is 0 Å². The first-order chi connectivity index (χ1) is 10.4. The first kappa shape index (κ1) is 18.2. The molecule has 0 spiro atoms. The molecule has 0 atom stereocenters. The average molecular weight is 304 g/mol. The zero-order valence-corrected chi connectivity index (χ0v) is 14.4. The molecule has 1 N–H and O–H groups in total. The molecule has 4 heteroatoms. The first-order valence-corrected chi connectivity index (χ1v) is 8.03. The highest BCUT2D eigenvalue weighted by molar-refractivity contribution is 5.91. The van der Waals surface area contributed by atoms with E-state index in [0.717, 1.165) is 24.1 Å². The van der Waals surface area contributed by atoms with Crippen LogP contribution in [0.2, 0.25) is 0 Å². The SMILES string of the molecule is CCC(CC)C(=O)NCCN(C(C)=O)c1ccc(C)c(C)c1. The van der Waals surface area contributed by atoms with E-state index in [1.807, 2.05) is 45.9 Å². The summed E-state index contributed by atoms with van der Waals surface area (Å²) in [4.78, 5) is 25.6. The number of rotatable bonds is 7. The molecule has 0 bridgehead atoms. The van der Waals surface area contributed by atoms with Gasteiger partial charge in [-0.25, -0.2) is 0 Å². The summed E-state index contributed by atoms with van der Waals surface area (Å²) in [6.07, 6.45) is 1.69. The van der Waals surface area contributed by atoms with Gasteiger partial charge >= 0.3 is 0 Å². The summed E-state index contributed by atoms with van der Waals surface area (Å²) in [6.45, 7) is 10.6. The molecule has 0 aliphatic carbocycles. The van der Waals surface area contributed by atoms with Crippen molar-refractivity contribution in [3.05, 3.63) is 29.3 Å². The van der Waals surface area contributed by atoms with Gasteiger partial charge in [-0.05, 0) is 49.9 Å². The lowest BCUT2D eigenvalue weighted by atomic mass is 10.0. The van der Waals surface area contributed by atoms with Gasteiger partial charge in [0.15, 0.2) is 0 Å². The number of anilines is 1. The molecule has 22 heavy (non-hydrogen) atoms. The van der Waals surface area contributed by atoms with E-state index in [1.165, 1.54) is 5.56 Å². The smallest absolute Gasteiger partial charge is 0.223 e. The van der Waals surface area contributed by atoms with Gasteiger partial charge in [-0.15, -0.1) is 0 Å². The maximum atomic E-state index is 12.0. The van der Waals surface area contributed by atoms with Gasteiger partial charge in [0.2, 0.25) is 11.8 Å². The third kappa shape index (κ3) is 4.86. The number of nitrogens with zero attached hydrogens (tertiary/aromatic N) is 1. The van der Waals surface area contributed by atoms with Crippen molar-refractivity contribution < 1.29 is 9.59 Å². The molecule has 0 fully saturated rings. The first-order valence-electron chi connectivity index (χ1n) is 8.03. The standard InChI is InChI=1S/C18H28N2O2/c1-6-16(7-2)18(22)19-10-11-20(15(5)21)17-9-8-13(3)14(4)12-17/h8-9,12,16H,6-7,10-11H2,1-5H3,(H,19,22). The fourth-order valence-corrected chi connectivity index (χ4v) is 2.46. The van der Waals surface area contributed by atoms with E-state index in [-0.39, 0.29) is 17.7 Å². The highest BCUT2D eigenvalue weighted by Gasteiger charge is 2.15. The highest BCUT2D eigenvalue weighted by atomic mass is 16.2. The molecule has 0 heterocycles. The fourth-order valence-electron chi connectivity index (χ4n) is 2.46. The Kier molecular flexibility index (Phi) is 7.09. The Bertz CT molecular complexity index is 522. The second-order valence-electron chi connectivity index (χ2n) is 5.74. The molecule has 1 aromatic carbocycles. The van der Waals surface area contributed by atoms with Gasteiger partial charge in [0.05, 0.1) is 0 Å². The van der Waals surface area contributed by atoms with Crippen LogP contribution >= 0.6 is 0 Å². The van der Waals surface area contributed by atoms with Crippen LogP contribution in [-0.4, -0.2) is 24.9 Å². The minimum atomic E-state index is -0.0139. The number of carbonyl (C=O) groups is 2. The van der Waals surface area contributed by atoms with Crippen LogP contribution < -0.4 is 10.2 Å². The van der Waals surface area contributed by atoms with Crippen LogP contribution in [0.5, 0.6) is 0 Å². The van der Waals surface area contributed by atoms with Crippen molar-refractivity contribution in [2.24, 2.45) is 5.92 Å². The fraction of sp³-hybridized carbons (Fsp3) is 0.556. The topological polar surface area (TPSA) is 49.4 Å². The minimum absolute atomic E-state index is 0.0139. The molecule has 0 saturated carbocycles. The molecule has 1 rings (SSSR count). The maximum absolute atomic E-state index is 12.0. The summed E-state index contributed by atoms with van der Waals surface area (Å²) in [7, 11) is 0. The predicted octanol–water partition coefficient (Wildman–Crippen LogP) is 3.21. The molecule has 1 aromatic rings. The minimum Gasteiger partial charge on any atom is -0.354 e. The predicted molar refractivity (Wildman–Crippen MR) is 91.0 cm³/mol. The van der Waals surface area contributed by atoms with E-state index >= 15 is 0 Å². The summed E-state index contributed by atoms with van der Waals surface area (Å²) in [6, 6.07) is 5.98. The normalized spacial score (nSPS) is 10.6. The lowest BCUT2D eigenvalue weighted by molar-refractivity contribution is -0.125. The average Bonchev–Trinajstić information content (AvgIpc) is 2.47. The molecule has 0 unspecified atom stereocenters. The van der Waals surface area contributed by atoms with Crippen molar-refractivity contribution in [1.29, 1.82) is 0 Å². The molecule has 0 saturated heterocycles. The molecular weight excluding hydrogens is 276 g/mol. The van der Waals surface area contributed by atoms with E-state index in [4.69, 9.17) is 0 Å². The van der Waals surface area contributed by atoms with Crippen LogP contribution in [0.1, 0.15) is 44.7 Å². The van der Waals surface area contributed by atoms with Gasteiger partial charge in [-0.1, -0.05) is 19.9 Å². The second kappa shape index (κ2) is 8.57. The van der Waals surface area contributed by atoms with Gasteiger partial charge in [0.25, 0.3) is 0 Å². The van der Waals surface area contributed by atoms with E-state index in [1.54, 1.807) is 11.8 Å². The molecular formula is C18H28N2O2. The van der Waals surface area contributed by atoms with Crippen LogP contribution in [0, 0.1) is 19.8 Å². The van der Waals surface area contributed by atoms with Crippen molar-refractivity contribution in [2.75, 3.05) is 18.0 Å². The Hall–Kier alpha value is -1.84. The van der Waals surface area contributed by atoms with Crippen LogP contribution in [0.25, 0.3) is 0 Å². The largest absolute Gasteiger partial charge is 0.354 e. The van der Waals surface area contributed by atoms with Gasteiger partial charge in [0.1, 0.15) is 0 Å². The quantitative estimate of drug-likeness (QED) is 0.841. The lowest BCUT2D eigenvalue weighted by Crippen LogP contribution is -2.39. The third-order valence-corrected chi connectivity index (χ3v) is 4.17. The summed E-state index contributed by atoms with van der Waals surface area (Å²) < 4.78 is 0. The van der Waals surface area contributed by atoms with Gasteiger partial charge in [-0.3, -0.25) is 9.59 Å². The number of benzene rings is 1. The van der Waals surface area contributed by atoms with E-state index in [2.05, 4.69) is 5.32 Å². The summed E-state index contributed by atoms with van der Waals surface area (Å²) >= 11 is 0. The maximum Gasteiger partial charge on any atom is 0.223 e. The molecule has 0 radical (unpaired) electrons. The third-order valence-electron chi connectivity index (χ3n) is 4.17. The van der Waals surface area contributed by atoms with E-state index in [0.29, 0.717) is 13.1 Å². The van der Waals surface area contributed by atoms with Crippen LogP contribution in [0.3, 0.4) is 0 Å². The van der Waals surface area contributed by atoms with Crippen molar-refractivity contribution in [2.45, 2.75) is 47.5 Å². The molecule has 2 amide bonds. The monoisotopic (exact) mass is 304 g/mol. The van der Waals surface area contributed by atoms with Crippen molar-refractivity contribution in [3.63, 3.8) is 0 Å². The van der Waals surface area contributed by atoms with Crippen LogP contribution in [-0.2, 0) is 9.59 Å². The zero-order chi connectivity index (χ0) is 16.7. The Morgan fingerprint density at radius 3 is 2.27 bits per heavy atom. The van der Waals surface area contributed by atoms with E-state index in [9.17, 15) is 9.59 Å². The number of nitrogens with one attached hydrogen (secondary N) is 1. The lowest BCUT2D eigenvalue weighted by Gasteiger charge is -2.23. The summed E-state index contributed by atoms with van der Waals surface area (Å²) in [5, 5.41) is 2.93. The molecule has 122 valence electrons. The highest BCUT2D eigenvalue weighted by Crippen LogP contribution is 2.18. The molecule has 0 aliphatic heterocycles. The zero-order valence-electron chi connectivity index (χ0n) is 14.4. The summed E-state index contributed by atoms with van der Waals surface area (Å²) in [5.41, 5.74) is 3.24. The second-order valence-corrected chi connectivity index (χ2v) is 5.74. The Balaban J connectivity index is 2.68. The number of hydrogen-bond acceptors (Lipinski definition) is 2. The van der Waals surface area contributed by atoms with Crippen LogP contribution in [0.15, 0.2) is 18.2 Å². The Morgan fingerprint density at radius 2 is 1.77 bits per heavy atom. The number of carbonyl (C=O) groups excluding carboxylic acids is 2. The number of amides is 2. The van der Waals surface area contributed by atoms with Gasteiger partial charge in [0, 0.05) is 31.6 Å². The molecule has 0 aliphatic rings. The Labute approximate surface area is 133 Å². The molecule has 0 aromatic heterocycles. The van der Waals surface area contributed by atoms with Crippen molar-refractivity contribution in [1.82, 2.24) is 5.32 Å². The number of aryl methyl sites for hydroxylation is 2. The van der Waals surface area contributed by atoms with Crippen LogP contribution in [0.4, 0.5) is 5.69 Å². The number of hydrogen-bond donors (Lipinski definition) is 1. The molecule has 4 nitrogen and oxygen atoms in total. The Morgan fingerprint density at radius 1 is 1.14 bits per heavy atom. The van der Waals surface area contributed by atoms with Crippen molar-refractivity contribution >= 4 is 17.5 Å².